The fourth-order valence-corrected chi connectivity index (χ4v) is 3.77. The van der Waals surface area contributed by atoms with Gasteiger partial charge in [-0.2, -0.15) is 0 Å². The molecule has 23 heavy (non-hydrogen) atoms. The van der Waals surface area contributed by atoms with Gasteiger partial charge >= 0.3 is 5.97 Å². The molecule has 1 aromatic heterocycles. The fraction of sp³-hybridized carbons (Fsp3) is 0.444. The Morgan fingerprint density at radius 1 is 1.43 bits per heavy atom. The third-order valence-corrected chi connectivity index (χ3v) is 5.20. The summed E-state index contributed by atoms with van der Waals surface area (Å²) in [5.74, 6) is -0.183. The van der Waals surface area contributed by atoms with Crippen molar-refractivity contribution >= 4 is 22.6 Å². The number of rotatable bonds is 4. The molecule has 122 valence electrons. The van der Waals surface area contributed by atoms with E-state index in [9.17, 15) is 10.0 Å². The summed E-state index contributed by atoms with van der Waals surface area (Å²) in [5, 5.41) is 14.0. The van der Waals surface area contributed by atoms with Crippen LogP contribution >= 0.6 is 0 Å². The van der Waals surface area contributed by atoms with Gasteiger partial charge in [0.15, 0.2) is 0 Å². The van der Waals surface area contributed by atoms with Gasteiger partial charge in [0.25, 0.3) is 0 Å². The number of methoxy groups -OCH3 is 1. The molecule has 0 unspecified atom stereocenters. The highest BCUT2D eigenvalue weighted by Crippen LogP contribution is 2.45. The van der Waals surface area contributed by atoms with Crippen LogP contribution in [0.2, 0.25) is 0 Å². The largest absolute Gasteiger partial charge is 0.469 e. The van der Waals surface area contributed by atoms with Crippen molar-refractivity contribution in [1.82, 2.24) is 4.98 Å². The minimum atomic E-state index is -0.183. The summed E-state index contributed by atoms with van der Waals surface area (Å²) in [5.41, 5.74) is 3.73. The molecule has 1 aromatic carbocycles. The summed E-state index contributed by atoms with van der Waals surface area (Å²) < 4.78 is 4.81. The molecule has 0 aliphatic heterocycles. The van der Waals surface area contributed by atoms with E-state index in [1.807, 2.05) is 24.3 Å². The molecule has 2 N–H and O–H groups in total. The number of hydrogen-bond donors (Lipinski definition) is 2. The summed E-state index contributed by atoms with van der Waals surface area (Å²) in [6, 6.07) is 8.05. The Morgan fingerprint density at radius 2 is 2.22 bits per heavy atom. The van der Waals surface area contributed by atoms with Crippen LogP contribution in [-0.2, 0) is 14.9 Å². The quantitative estimate of drug-likeness (QED) is 0.513. The molecule has 5 heteroatoms. The van der Waals surface area contributed by atoms with Crippen molar-refractivity contribution in [3.63, 3.8) is 0 Å². The van der Waals surface area contributed by atoms with Crippen molar-refractivity contribution in [3.05, 3.63) is 35.5 Å². The zero-order valence-corrected chi connectivity index (χ0v) is 13.6. The van der Waals surface area contributed by atoms with Crippen LogP contribution in [0.5, 0.6) is 0 Å². The van der Waals surface area contributed by atoms with Gasteiger partial charge in [-0.25, -0.2) is 0 Å². The average molecular weight is 314 g/mol. The number of esters is 1. The second kappa shape index (κ2) is 6.07. The minimum absolute atomic E-state index is 0.114. The zero-order valence-electron chi connectivity index (χ0n) is 13.6. The van der Waals surface area contributed by atoms with Gasteiger partial charge in [-0.15, -0.1) is 0 Å². The van der Waals surface area contributed by atoms with Crippen LogP contribution in [0.3, 0.4) is 0 Å². The van der Waals surface area contributed by atoms with E-state index >= 15 is 0 Å². The molecule has 1 atom stereocenters. The highest BCUT2D eigenvalue weighted by molar-refractivity contribution is 6.13. The van der Waals surface area contributed by atoms with E-state index in [1.165, 1.54) is 7.11 Å². The topological polar surface area (TPSA) is 74.7 Å². The SMILES string of the molecule is CC[C@]1(CCC(=O)OC)CC/C(=N/O)c2c1[nH]c1ccccc21. The molecular weight excluding hydrogens is 292 g/mol. The van der Waals surface area contributed by atoms with Gasteiger partial charge in [-0.05, 0) is 31.7 Å². The molecule has 5 nitrogen and oxygen atoms in total. The molecule has 0 radical (unpaired) electrons. The Hall–Kier alpha value is -2.30. The van der Waals surface area contributed by atoms with E-state index in [0.717, 1.165) is 47.1 Å². The van der Waals surface area contributed by atoms with Crippen LogP contribution in [0.1, 0.15) is 50.3 Å². The number of benzene rings is 1. The fourth-order valence-electron chi connectivity index (χ4n) is 3.77. The van der Waals surface area contributed by atoms with E-state index in [-0.39, 0.29) is 11.4 Å². The van der Waals surface area contributed by atoms with Crippen molar-refractivity contribution < 1.29 is 14.7 Å². The van der Waals surface area contributed by atoms with E-state index < -0.39 is 0 Å². The van der Waals surface area contributed by atoms with Gasteiger partial charge in [-0.1, -0.05) is 30.3 Å². The maximum atomic E-state index is 11.6. The number of H-pyrrole nitrogens is 1. The highest BCUT2D eigenvalue weighted by atomic mass is 16.5. The Kier molecular flexibility index (Phi) is 4.11. The lowest BCUT2D eigenvalue weighted by Gasteiger charge is -2.36. The summed E-state index contributed by atoms with van der Waals surface area (Å²) in [6.07, 6.45) is 3.61. The maximum Gasteiger partial charge on any atom is 0.305 e. The number of para-hydroxylation sites is 1. The minimum Gasteiger partial charge on any atom is -0.469 e. The van der Waals surface area contributed by atoms with E-state index in [4.69, 9.17) is 4.74 Å². The first kappa shape index (κ1) is 15.6. The monoisotopic (exact) mass is 314 g/mol. The summed E-state index contributed by atoms with van der Waals surface area (Å²) >= 11 is 0. The lowest BCUT2D eigenvalue weighted by atomic mass is 9.68. The van der Waals surface area contributed by atoms with E-state index in [0.29, 0.717) is 12.8 Å². The molecule has 1 aliphatic rings. The summed E-state index contributed by atoms with van der Waals surface area (Å²) in [4.78, 5) is 15.1. The Balaban J connectivity index is 2.13. The van der Waals surface area contributed by atoms with Crippen LogP contribution in [0, 0.1) is 0 Å². The first-order chi connectivity index (χ1) is 11.1. The standard InChI is InChI=1S/C18H22N2O3/c1-3-18(11-9-15(21)23-2)10-8-14(20-22)16-12-6-4-5-7-13(12)19-17(16)18/h4-7,19,22H,3,8-11H2,1-2H3/b20-14-/t18-/m1/s1. The number of carbonyl (C=O) groups excluding carboxylic acids is 1. The third kappa shape index (κ3) is 2.50. The Morgan fingerprint density at radius 3 is 2.91 bits per heavy atom. The second-order valence-corrected chi connectivity index (χ2v) is 6.18. The third-order valence-electron chi connectivity index (χ3n) is 5.20. The molecular formula is C18H22N2O3. The number of nitrogens with one attached hydrogen (secondary N) is 1. The number of aromatic amines is 1. The van der Waals surface area contributed by atoms with Gasteiger partial charge in [0.2, 0.25) is 0 Å². The van der Waals surface area contributed by atoms with Crippen molar-refractivity contribution in [1.29, 1.82) is 0 Å². The average Bonchev–Trinajstić information content (AvgIpc) is 3.00. The van der Waals surface area contributed by atoms with Crippen molar-refractivity contribution in [2.24, 2.45) is 5.16 Å². The van der Waals surface area contributed by atoms with Crippen LogP contribution in [-0.4, -0.2) is 29.0 Å². The highest BCUT2D eigenvalue weighted by Gasteiger charge is 2.40. The second-order valence-electron chi connectivity index (χ2n) is 6.18. The van der Waals surface area contributed by atoms with Crippen LogP contribution in [0.4, 0.5) is 0 Å². The zero-order chi connectivity index (χ0) is 16.4. The number of fused-ring (bicyclic) bond motifs is 3. The van der Waals surface area contributed by atoms with E-state index in [2.05, 4.69) is 17.1 Å². The number of oxime groups is 1. The van der Waals surface area contributed by atoms with Crippen molar-refractivity contribution in [2.75, 3.05) is 7.11 Å². The van der Waals surface area contributed by atoms with Gasteiger partial charge in [0, 0.05) is 34.0 Å². The number of hydrogen-bond acceptors (Lipinski definition) is 4. The molecule has 0 fully saturated rings. The number of nitrogens with zero attached hydrogens (tertiary/aromatic N) is 1. The molecule has 0 saturated carbocycles. The molecule has 1 aliphatic carbocycles. The lowest BCUT2D eigenvalue weighted by molar-refractivity contribution is -0.141. The van der Waals surface area contributed by atoms with Gasteiger partial charge < -0.3 is 14.9 Å². The predicted octanol–water partition coefficient (Wildman–Crippen LogP) is 3.74. The van der Waals surface area contributed by atoms with Crippen molar-refractivity contribution in [2.45, 2.75) is 44.4 Å². The van der Waals surface area contributed by atoms with Crippen LogP contribution < -0.4 is 0 Å². The van der Waals surface area contributed by atoms with Gasteiger partial charge in [-0.3, -0.25) is 4.79 Å². The first-order valence-corrected chi connectivity index (χ1v) is 8.04. The van der Waals surface area contributed by atoms with Crippen LogP contribution in [0.15, 0.2) is 29.4 Å². The smallest absolute Gasteiger partial charge is 0.305 e. The maximum absolute atomic E-state index is 11.6. The molecule has 3 rings (SSSR count). The molecule has 0 spiro atoms. The summed E-state index contributed by atoms with van der Waals surface area (Å²) in [7, 11) is 1.42. The summed E-state index contributed by atoms with van der Waals surface area (Å²) in [6.45, 7) is 2.15. The normalized spacial score (nSPS) is 22.3. The number of aromatic nitrogens is 1. The Bertz CT molecular complexity index is 763. The van der Waals surface area contributed by atoms with Gasteiger partial charge in [0.05, 0.1) is 12.8 Å². The number of carbonyl (C=O) groups is 1. The lowest BCUT2D eigenvalue weighted by Crippen LogP contribution is -2.33. The number of ether oxygens (including phenoxy) is 1. The van der Waals surface area contributed by atoms with E-state index in [1.54, 1.807) is 0 Å². The predicted molar refractivity (Wildman–Crippen MR) is 89.1 cm³/mol. The first-order valence-electron chi connectivity index (χ1n) is 8.04. The van der Waals surface area contributed by atoms with Crippen LogP contribution in [0.25, 0.3) is 10.9 Å². The molecule has 1 heterocycles. The molecule has 0 saturated heterocycles. The molecule has 0 amide bonds. The Labute approximate surface area is 135 Å². The molecule has 2 aromatic rings. The van der Waals surface area contributed by atoms with Gasteiger partial charge in [0.1, 0.15) is 0 Å². The van der Waals surface area contributed by atoms with Crippen molar-refractivity contribution in [3.8, 4) is 0 Å². The molecule has 0 bridgehead atoms.